The molecular formula is C14H18N2O2. The number of aromatic nitrogens is 2. The molecule has 2 aromatic rings. The molecule has 0 aliphatic rings. The minimum atomic E-state index is 0.134. The van der Waals surface area contributed by atoms with E-state index in [1.54, 1.807) is 19.5 Å². The number of hydrogen-bond acceptors (Lipinski definition) is 3. The van der Waals surface area contributed by atoms with Crippen molar-refractivity contribution in [3.05, 3.63) is 30.6 Å². The van der Waals surface area contributed by atoms with E-state index in [-0.39, 0.29) is 6.10 Å². The number of H-pyrrole nitrogens is 1. The van der Waals surface area contributed by atoms with Crippen molar-refractivity contribution in [2.24, 2.45) is 0 Å². The molecule has 1 aromatic heterocycles. The Morgan fingerprint density at radius 2 is 2.22 bits per heavy atom. The van der Waals surface area contributed by atoms with E-state index in [0.29, 0.717) is 0 Å². The second-order valence-electron chi connectivity index (χ2n) is 4.11. The predicted octanol–water partition coefficient (Wildman–Crippen LogP) is 3.26. The van der Waals surface area contributed by atoms with Crippen LogP contribution in [-0.4, -0.2) is 23.2 Å². The molecule has 0 amide bonds. The molecule has 0 fully saturated rings. The summed E-state index contributed by atoms with van der Waals surface area (Å²) < 4.78 is 11.3. The lowest BCUT2D eigenvalue weighted by Gasteiger charge is -2.18. The van der Waals surface area contributed by atoms with Crippen LogP contribution in [0.25, 0.3) is 11.4 Å². The normalized spacial score (nSPS) is 12.2. The van der Waals surface area contributed by atoms with Crippen molar-refractivity contribution in [3.8, 4) is 22.9 Å². The first-order chi connectivity index (χ1) is 8.76. The van der Waals surface area contributed by atoms with Crippen molar-refractivity contribution < 1.29 is 9.47 Å². The number of rotatable bonds is 5. The van der Waals surface area contributed by atoms with Gasteiger partial charge in [-0.25, -0.2) is 4.98 Å². The molecule has 96 valence electrons. The zero-order valence-corrected chi connectivity index (χ0v) is 10.9. The van der Waals surface area contributed by atoms with E-state index in [9.17, 15) is 0 Å². The van der Waals surface area contributed by atoms with E-state index in [1.807, 2.05) is 25.1 Å². The predicted molar refractivity (Wildman–Crippen MR) is 71.0 cm³/mol. The number of para-hydroxylation sites is 1. The third kappa shape index (κ3) is 2.47. The average molecular weight is 246 g/mol. The van der Waals surface area contributed by atoms with Crippen molar-refractivity contribution in [2.75, 3.05) is 7.11 Å². The molecule has 1 N–H and O–H groups in total. The van der Waals surface area contributed by atoms with Gasteiger partial charge in [0.05, 0.1) is 18.8 Å². The fourth-order valence-corrected chi connectivity index (χ4v) is 1.68. The number of methoxy groups -OCH3 is 1. The van der Waals surface area contributed by atoms with Gasteiger partial charge in [0.25, 0.3) is 0 Å². The summed E-state index contributed by atoms with van der Waals surface area (Å²) in [5.74, 6) is 2.25. The number of aromatic amines is 1. The molecule has 0 aliphatic carbocycles. The van der Waals surface area contributed by atoms with E-state index in [2.05, 4.69) is 16.9 Å². The second kappa shape index (κ2) is 5.58. The van der Waals surface area contributed by atoms with Crippen molar-refractivity contribution in [2.45, 2.75) is 26.4 Å². The maximum atomic E-state index is 5.96. The van der Waals surface area contributed by atoms with Gasteiger partial charge in [0.1, 0.15) is 5.82 Å². The number of nitrogens with zero attached hydrogens (tertiary/aromatic N) is 1. The highest BCUT2D eigenvalue weighted by molar-refractivity contribution is 5.68. The highest BCUT2D eigenvalue weighted by atomic mass is 16.5. The lowest BCUT2D eigenvalue weighted by atomic mass is 10.1. The molecule has 0 spiro atoms. The Bertz CT molecular complexity index is 495. The average Bonchev–Trinajstić information content (AvgIpc) is 2.92. The van der Waals surface area contributed by atoms with Gasteiger partial charge in [-0.2, -0.15) is 0 Å². The van der Waals surface area contributed by atoms with Crippen LogP contribution < -0.4 is 9.47 Å². The van der Waals surface area contributed by atoms with Gasteiger partial charge in [0.15, 0.2) is 11.5 Å². The summed E-state index contributed by atoms with van der Waals surface area (Å²) in [7, 11) is 1.64. The Morgan fingerprint density at radius 3 is 2.83 bits per heavy atom. The number of nitrogens with one attached hydrogen (secondary N) is 1. The van der Waals surface area contributed by atoms with Crippen LogP contribution in [0, 0.1) is 0 Å². The summed E-state index contributed by atoms with van der Waals surface area (Å²) in [6.45, 7) is 4.13. The molecule has 18 heavy (non-hydrogen) atoms. The topological polar surface area (TPSA) is 47.1 Å². The quantitative estimate of drug-likeness (QED) is 0.880. The van der Waals surface area contributed by atoms with Crippen molar-refractivity contribution in [3.63, 3.8) is 0 Å². The number of ether oxygens (including phenoxy) is 2. The molecule has 4 nitrogen and oxygen atoms in total. The molecule has 0 unspecified atom stereocenters. The fraction of sp³-hybridized carbons (Fsp3) is 0.357. The molecule has 0 radical (unpaired) electrons. The molecule has 1 aromatic carbocycles. The van der Waals surface area contributed by atoms with E-state index < -0.39 is 0 Å². The molecule has 4 heteroatoms. The van der Waals surface area contributed by atoms with E-state index in [1.165, 1.54) is 0 Å². The van der Waals surface area contributed by atoms with Gasteiger partial charge in [0, 0.05) is 12.4 Å². The number of imidazole rings is 1. The molecule has 0 saturated carbocycles. The number of benzene rings is 1. The van der Waals surface area contributed by atoms with Crippen LogP contribution in [0.5, 0.6) is 11.5 Å². The highest BCUT2D eigenvalue weighted by Crippen LogP contribution is 2.37. The molecule has 2 rings (SSSR count). The maximum Gasteiger partial charge on any atom is 0.172 e. The molecule has 0 aliphatic heterocycles. The van der Waals surface area contributed by atoms with Crippen LogP contribution in [0.15, 0.2) is 30.6 Å². The van der Waals surface area contributed by atoms with Crippen LogP contribution in [0.1, 0.15) is 20.3 Å². The molecular weight excluding hydrogens is 228 g/mol. The Kier molecular flexibility index (Phi) is 3.87. The lowest BCUT2D eigenvalue weighted by molar-refractivity contribution is 0.208. The first kappa shape index (κ1) is 12.5. The SMILES string of the molecule is CC[C@@H](C)Oc1c(OC)cccc1-c1ncc[nH]1. The highest BCUT2D eigenvalue weighted by Gasteiger charge is 2.15. The first-order valence-corrected chi connectivity index (χ1v) is 6.09. The van der Waals surface area contributed by atoms with Gasteiger partial charge in [-0.1, -0.05) is 13.0 Å². The van der Waals surface area contributed by atoms with Crippen LogP contribution in [-0.2, 0) is 0 Å². The largest absolute Gasteiger partial charge is 0.493 e. The lowest BCUT2D eigenvalue weighted by Crippen LogP contribution is -2.11. The summed E-state index contributed by atoms with van der Waals surface area (Å²) in [6, 6.07) is 5.80. The third-order valence-corrected chi connectivity index (χ3v) is 2.85. The minimum absolute atomic E-state index is 0.134. The summed E-state index contributed by atoms with van der Waals surface area (Å²) in [5.41, 5.74) is 0.916. The van der Waals surface area contributed by atoms with Gasteiger partial charge >= 0.3 is 0 Å². The zero-order chi connectivity index (χ0) is 13.0. The molecule has 1 heterocycles. The van der Waals surface area contributed by atoms with E-state index in [0.717, 1.165) is 29.3 Å². The van der Waals surface area contributed by atoms with Crippen molar-refractivity contribution in [1.82, 2.24) is 9.97 Å². The summed E-state index contributed by atoms with van der Waals surface area (Å²) >= 11 is 0. The first-order valence-electron chi connectivity index (χ1n) is 6.09. The Labute approximate surface area is 107 Å². The molecule has 0 bridgehead atoms. The Hall–Kier alpha value is -1.97. The summed E-state index contributed by atoms with van der Waals surface area (Å²) in [5, 5.41) is 0. The van der Waals surface area contributed by atoms with Crippen LogP contribution in [0.4, 0.5) is 0 Å². The summed E-state index contributed by atoms with van der Waals surface area (Å²) in [6.07, 6.45) is 4.59. The van der Waals surface area contributed by atoms with Gasteiger partial charge < -0.3 is 14.5 Å². The van der Waals surface area contributed by atoms with Crippen molar-refractivity contribution >= 4 is 0 Å². The zero-order valence-electron chi connectivity index (χ0n) is 10.9. The summed E-state index contributed by atoms with van der Waals surface area (Å²) in [4.78, 5) is 7.35. The van der Waals surface area contributed by atoms with Crippen LogP contribution >= 0.6 is 0 Å². The van der Waals surface area contributed by atoms with Crippen LogP contribution in [0.2, 0.25) is 0 Å². The maximum absolute atomic E-state index is 5.96. The van der Waals surface area contributed by atoms with E-state index in [4.69, 9.17) is 9.47 Å². The molecule has 0 saturated heterocycles. The Balaban J connectivity index is 2.45. The second-order valence-corrected chi connectivity index (χ2v) is 4.11. The van der Waals surface area contributed by atoms with Gasteiger partial charge in [-0.15, -0.1) is 0 Å². The van der Waals surface area contributed by atoms with Crippen LogP contribution in [0.3, 0.4) is 0 Å². The smallest absolute Gasteiger partial charge is 0.172 e. The monoisotopic (exact) mass is 246 g/mol. The standard InChI is InChI=1S/C14H18N2O2/c1-4-10(2)18-13-11(14-15-8-9-16-14)6-5-7-12(13)17-3/h5-10H,4H2,1-3H3,(H,15,16)/t10-/m1/s1. The number of hydrogen-bond donors (Lipinski definition) is 1. The van der Waals surface area contributed by atoms with Gasteiger partial charge in [-0.05, 0) is 25.5 Å². The Morgan fingerprint density at radius 1 is 1.39 bits per heavy atom. The van der Waals surface area contributed by atoms with Gasteiger partial charge in [-0.3, -0.25) is 0 Å². The van der Waals surface area contributed by atoms with Crippen molar-refractivity contribution in [1.29, 1.82) is 0 Å². The minimum Gasteiger partial charge on any atom is -0.493 e. The van der Waals surface area contributed by atoms with E-state index >= 15 is 0 Å². The fourth-order valence-electron chi connectivity index (χ4n) is 1.68. The third-order valence-electron chi connectivity index (χ3n) is 2.85. The van der Waals surface area contributed by atoms with Gasteiger partial charge in [0.2, 0.25) is 0 Å². The molecule has 1 atom stereocenters.